The van der Waals surface area contributed by atoms with Crippen molar-refractivity contribution in [1.82, 2.24) is 15.0 Å². The maximum atomic E-state index is 9.66. The van der Waals surface area contributed by atoms with Crippen molar-refractivity contribution in [1.29, 1.82) is 0 Å². The van der Waals surface area contributed by atoms with E-state index in [9.17, 15) is 5.11 Å². The molecule has 106 valence electrons. The smallest absolute Gasteiger partial charge is 0.241 e. The van der Waals surface area contributed by atoms with Crippen LogP contribution in [-0.2, 0) is 6.54 Å². The Bertz CT molecular complexity index is 587. The predicted octanol–water partition coefficient (Wildman–Crippen LogP) is 2.46. The van der Waals surface area contributed by atoms with Crippen molar-refractivity contribution in [3.8, 4) is 11.4 Å². The Morgan fingerprint density at radius 2 is 2.35 bits per heavy atom. The Morgan fingerprint density at radius 1 is 1.45 bits per heavy atom. The number of nitrogens with zero attached hydrogens (tertiary/aromatic N) is 3. The zero-order valence-corrected chi connectivity index (χ0v) is 12.6. The molecule has 1 aromatic heterocycles. The fourth-order valence-corrected chi connectivity index (χ4v) is 2.83. The fourth-order valence-electron chi connectivity index (χ4n) is 2.43. The van der Waals surface area contributed by atoms with Crippen LogP contribution >= 0.6 is 15.9 Å². The molecule has 0 unspecified atom stereocenters. The number of hydrogen-bond acceptors (Lipinski definition) is 5. The van der Waals surface area contributed by atoms with Crippen molar-refractivity contribution < 1.29 is 9.63 Å². The van der Waals surface area contributed by atoms with Crippen LogP contribution in [0.2, 0.25) is 0 Å². The highest BCUT2D eigenvalue weighted by Crippen LogP contribution is 2.21. The van der Waals surface area contributed by atoms with Gasteiger partial charge in [-0.15, -0.1) is 0 Å². The molecule has 0 spiro atoms. The summed E-state index contributed by atoms with van der Waals surface area (Å²) in [5, 5.41) is 13.7. The summed E-state index contributed by atoms with van der Waals surface area (Å²) in [7, 11) is 0. The third-order valence-electron chi connectivity index (χ3n) is 3.39. The van der Waals surface area contributed by atoms with Crippen LogP contribution in [0.3, 0.4) is 0 Å². The summed E-state index contributed by atoms with van der Waals surface area (Å²) in [6.45, 7) is 2.23. The van der Waals surface area contributed by atoms with Crippen LogP contribution in [0.15, 0.2) is 33.3 Å². The molecule has 1 saturated heterocycles. The molecule has 1 fully saturated rings. The molecular formula is C14H16BrN3O2. The van der Waals surface area contributed by atoms with Gasteiger partial charge in [-0.2, -0.15) is 4.98 Å². The summed E-state index contributed by atoms with van der Waals surface area (Å²) < 4.78 is 6.28. The Kier molecular flexibility index (Phi) is 4.14. The minimum Gasteiger partial charge on any atom is -0.392 e. The molecule has 1 N–H and O–H groups in total. The fraction of sp³-hybridized carbons (Fsp3) is 0.429. The van der Waals surface area contributed by atoms with Crippen LogP contribution in [0, 0.1) is 0 Å². The van der Waals surface area contributed by atoms with Gasteiger partial charge in [-0.3, -0.25) is 4.90 Å². The van der Waals surface area contributed by atoms with Crippen LogP contribution in [0.25, 0.3) is 11.4 Å². The molecule has 2 heterocycles. The third-order valence-corrected chi connectivity index (χ3v) is 3.88. The molecule has 0 radical (unpaired) electrons. The van der Waals surface area contributed by atoms with Gasteiger partial charge < -0.3 is 9.63 Å². The minimum atomic E-state index is -0.240. The molecule has 0 aliphatic carbocycles. The van der Waals surface area contributed by atoms with Crippen LogP contribution in [0.5, 0.6) is 0 Å². The molecule has 1 atom stereocenters. The predicted molar refractivity (Wildman–Crippen MR) is 78.0 cm³/mol. The van der Waals surface area contributed by atoms with Crippen molar-refractivity contribution in [3.05, 3.63) is 34.6 Å². The molecule has 1 aliphatic rings. The maximum absolute atomic E-state index is 9.66. The molecule has 6 heteroatoms. The van der Waals surface area contributed by atoms with Crippen molar-refractivity contribution in [2.45, 2.75) is 25.5 Å². The first-order chi connectivity index (χ1) is 9.70. The first-order valence-electron chi connectivity index (χ1n) is 6.69. The van der Waals surface area contributed by atoms with Gasteiger partial charge >= 0.3 is 0 Å². The van der Waals surface area contributed by atoms with Crippen LogP contribution in [0.4, 0.5) is 0 Å². The lowest BCUT2D eigenvalue weighted by Gasteiger charge is -2.28. The van der Waals surface area contributed by atoms with Gasteiger partial charge in [0.15, 0.2) is 0 Å². The molecule has 20 heavy (non-hydrogen) atoms. The summed E-state index contributed by atoms with van der Waals surface area (Å²) in [5.74, 6) is 1.19. The number of rotatable bonds is 3. The average Bonchev–Trinajstić information content (AvgIpc) is 2.87. The van der Waals surface area contributed by atoms with Crippen molar-refractivity contribution in [2.75, 3.05) is 13.1 Å². The molecule has 0 saturated carbocycles. The molecular weight excluding hydrogens is 322 g/mol. The number of benzene rings is 1. The normalized spacial score (nSPS) is 20.2. The molecule has 0 bridgehead atoms. The number of β-amino-alcohol motifs (C(OH)–C–C–N with tert-alkyl or cyclic N) is 1. The second-order valence-corrected chi connectivity index (χ2v) is 5.97. The van der Waals surface area contributed by atoms with E-state index in [1.165, 1.54) is 0 Å². The highest BCUT2D eigenvalue weighted by atomic mass is 79.9. The van der Waals surface area contributed by atoms with Gasteiger partial charge in [0.1, 0.15) is 0 Å². The molecule has 1 aliphatic heterocycles. The minimum absolute atomic E-state index is 0.240. The van der Waals surface area contributed by atoms with E-state index in [2.05, 4.69) is 31.0 Å². The van der Waals surface area contributed by atoms with E-state index in [4.69, 9.17) is 4.52 Å². The summed E-state index contributed by atoms with van der Waals surface area (Å²) in [5.41, 5.74) is 0.924. The van der Waals surface area contributed by atoms with E-state index in [-0.39, 0.29) is 6.10 Å². The maximum Gasteiger partial charge on any atom is 0.241 e. The van der Waals surface area contributed by atoms with E-state index >= 15 is 0 Å². The molecule has 5 nitrogen and oxygen atoms in total. The number of hydrogen-bond donors (Lipinski definition) is 1. The topological polar surface area (TPSA) is 62.4 Å². The molecule has 0 amide bonds. The lowest BCUT2D eigenvalue weighted by atomic mass is 10.1. The summed E-state index contributed by atoms with van der Waals surface area (Å²) in [6, 6.07) is 7.80. The van der Waals surface area contributed by atoms with E-state index in [1.54, 1.807) is 0 Å². The number of aromatic nitrogens is 2. The number of aliphatic hydroxyl groups excluding tert-OH is 1. The standard InChI is InChI=1S/C14H16BrN3O2/c15-11-4-1-3-10(7-11)14-16-13(20-17-14)9-18-6-2-5-12(19)8-18/h1,3-4,7,12,19H,2,5-6,8-9H2/t12-/m0/s1. The Balaban J connectivity index is 1.70. The Labute approximate surface area is 125 Å². The summed E-state index contributed by atoms with van der Waals surface area (Å²) in [6.07, 6.45) is 1.65. The van der Waals surface area contributed by atoms with Gasteiger partial charge in [-0.05, 0) is 31.5 Å². The van der Waals surface area contributed by atoms with Crippen molar-refractivity contribution in [2.24, 2.45) is 0 Å². The van der Waals surface area contributed by atoms with Gasteiger partial charge in [0, 0.05) is 16.6 Å². The number of aliphatic hydroxyl groups is 1. The average molecular weight is 338 g/mol. The van der Waals surface area contributed by atoms with E-state index in [0.29, 0.717) is 24.8 Å². The van der Waals surface area contributed by atoms with Gasteiger partial charge in [0.25, 0.3) is 0 Å². The zero-order chi connectivity index (χ0) is 13.9. The molecule has 2 aromatic rings. The van der Waals surface area contributed by atoms with E-state index in [0.717, 1.165) is 29.4 Å². The highest BCUT2D eigenvalue weighted by Gasteiger charge is 2.20. The lowest BCUT2D eigenvalue weighted by Crippen LogP contribution is -2.37. The SMILES string of the molecule is O[C@H]1CCCN(Cc2nc(-c3cccc(Br)c3)no2)C1. The van der Waals surface area contributed by atoms with E-state index < -0.39 is 0 Å². The number of piperidine rings is 1. The number of likely N-dealkylation sites (tertiary alicyclic amines) is 1. The third kappa shape index (κ3) is 3.26. The van der Waals surface area contributed by atoms with Crippen LogP contribution < -0.4 is 0 Å². The Hall–Kier alpha value is -1.24. The van der Waals surface area contributed by atoms with Gasteiger partial charge in [-0.25, -0.2) is 0 Å². The monoisotopic (exact) mass is 337 g/mol. The highest BCUT2D eigenvalue weighted by molar-refractivity contribution is 9.10. The van der Waals surface area contributed by atoms with E-state index in [1.807, 2.05) is 24.3 Å². The number of halogens is 1. The second-order valence-electron chi connectivity index (χ2n) is 5.05. The summed E-state index contributed by atoms with van der Waals surface area (Å²) >= 11 is 3.43. The largest absolute Gasteiger partial charge is 0.392 e. The zero-order valence-electron chi connectivity index (χ0n) is 11.0. The Morgan fingerprint density at radius 3 is 3.15 bits per heavy atom. The quantitative estimate of drug-likeness (QED) is 0.932. The van der Waals surface area contributed by atoms with Gasteiger partial charge in [0.2, 0.25) is 11.7 Å². The lowest BCUT2D eigenvalue weighted by molar-refractivity contribution is 0.0613. The van der Waals surface area contributed by atoms with Gasteiger partial charge in [0.05, 0.1) is 12.6 Å². The van der Waals surface area contributed by atoms with Gasteiger partial charge in [-0.1, -0.05) is 33.2 Å². The second kappa shape index (κ2) is 6.03. The summed E-state index contributed by atoms with van der Waals surface area (Å²) in [4.78, 5) is 6.56. The van der Waals surface area contributed by atoms with Crippen LogP contribution in [0.1, 0.15) is 18.7 Å². The molecule has 3 rings (SSSR count). The molecule has 1 aromatic carbocycles. The van der Waals surface area contributed by atoms with Crippen LogP contribution in [-0.4, -0.2) is 39.3 Å². The van der Waals surface area contributed by atoms with Crippen molar-refractivity contribution >= 4 is 15.9 Å². The first-order valence-corrected chi connectivity index (χ1v) is 7.49. The van der Waals surface area contributed by atoms with Crippen molar-refractivity contribution in [3.63, 3.8) is 0 Å². The first kappa shape index (κ1) is 13.7.